The third kappa shape index (κ3) is 4.71. The average molecular weight is 452 g/mol. The van der Waals surface area contributed by atoms with Crippen LogP contribution >= 0.6 is 0 Å². The molecule has 1 heterocycles. The summed E-state index contributed by atoms with van der Waals surface area (Å²) in [5, 5.41) is 16.4. The molecular weight excluding hydrogens is 422 g/mol. The monoisotopic (exact) mass is 451 g/mol. The number of aryl methyl sites for hydroxylation is 2. The Balaban J connectivity index is 1.41. The van der Waals surface area contributed by atoms with Gasteiger partial charge in [0.05, 0.1) is 13.7 Å². The number of methoxy groups -OCH3 is 1. The number of amides is 3. The number of aliphatic hydroxyl groups is 1. The van der Waals surface area contributed by atoms with Crippen molar-refractivity contribution in [3.63, 3.8) is 0 Å². The van der Waals surface area contributed by atoms with E-state index in [1.807, 2.05) is 25.1 Å². The number of carbonyl (C=O) groups excluding carboxylic acids is 3. The van der Waals surface area contributed by atoms with Crippen molar-refractivity contribution >= 4 is 29.1 Å². The highest BCUT2D eigenvalue weighted by Gasteiger charge is 2.35. The summed E-state index contributed by atoms with van der Waals surface area (Å²) in [5.41, 5.74) is 2.56. The fraction of sp³-hybridized carbons (Fsp3) is 0.400. The van der Waals surface area contributed by atoms with E-state index in [9.17, 15) is 19.5 Å². The minimum absolute atomic E-state index is 0.0537. The molecule has 1 aliphatic carbocycles. The van der Waals surface area contributed by atoms with E-state index in [1.54, 1.807) is 30.2 Å². The van der Waals surface area contributed by atoms with Gasteiger partial charge in [0.15, 0.2) is 0 Å². The number of benzene rings is 2. The molecule has 1 unspecified atom stereocenters. The Bertz CT molecular complexity index is 1100. The number of anilines is 2. The van der Waals surface area contributed by atoms with Gasteiger partial charge in [-0.2, -0.15) is 0 Å². The Kier molecular flexibility index (Phi) is 6.37. The van der Waals surface area contributed by atoms with Crippen molar-refractivity contribution < 1.29 is 24.2 Å². The summed E-state index contributed by atoms with van der Waals surface area (Å²) in [6.07, 6.45) is 3.38. The molecule has 1 atom stereocenters. The molecular formula is C25H29N3O5. The molecule has 3 N–H and O–H groups in total. The van der Waals surface area contributed by atoms with Crippen LogP contribution in [-0.4, -0.2) is 43.0 Å². The van der Waals surface area contributed by atoms with Gasteiger partial charge < -0.3 is 25.4 Å². The van der Waals surface area contributed by atoms with Crippen molar-refractivity contribution in [2.24, 2.45) is 0 Å². The largest absolute Gasteiger partial charge is 0.497 e. The molecule has 8 nitrogen and oxygen atoms in total. The van der Waals surface area contributed by atoms with Gasteiger partial charge in [0.25, 0.3) is 0 Å². The van der Waals surface area contributed by atoms with Crippen molar-refractivity contribution in [2.75, 3.05) is 30.4 Å². The van der Waals surface area contributed by atoms with Gasteiger partial charge in [-0.1, -0.05) is 12.1 Å². The van der Waals surface area contributed by atoms with Crippen LogP contribution < -0.4 is 20.3 Å². The van der Waals surface area contributed by atoms with Crippen LogP contribution in [0.15, 0.2) is 36.4 Å². The lowest BCUT2D eigenvalue weighted by atomic mass is 9.79. The highest BCUT2D eigenvalue weighted by molar-refractivity contribution is 6.39. The number of hydrogen-bond donors (Lipinski definition) is 3. The Morgan fingerprint density at radius 2 is 1.94 bits per heavy atom. The number of fused-ring (bicyclic) bond motifs is 1. The Morgan fingerprint density at radius 1 is 1.12 bits per heavy atom. The number of rotatable bonds is 5. The molecule has 3 amide bonds. The summed E-state index contributed by atoms with van der Waals surface area (Å²) < 4.78 is 5.26. The van der Waals surface area contributed by atoms with Crippen LogP contribution in [0.1, 0.15) is 42.4 Å². The zero-order chi connectivity index (χ0) is 23.6. The molecule has 33 heavy (non-hydrogen) atoms. The maximum Gasteiger partial charge on any atom is 0.313 e. The van der Waals surface area contributed by atoms with Gasteiger partial charge in [-0.15, -0.1) is 0 Å². The van der Waals surface area contributed by atoms with Crippen LogP contribution in [0.4, 0.5) is 11.4 Å². The van der Waals surface area contributed by atoms with Crippen LogP contribution in [-0.2, 0) is 26.4 Å². The second-order valence-corrected chi connectivity index (χ2v) is 8.70. The van der Waals surface area contributed by atoms with E-state index in [0.717, 1.165) is 47.4 Å². The maximum atomic E-state index is 12.5. The van der Waals surface area contributed by atoms with Crippen molar-refractivity contribution in [3.05, 3.63) is 53.1 Å². The predicted molar refractivity (Wildman–Crippen MR) is 124 cm³/mol. The topological polar surface area (TPSA) is 108 Å². The molecule has 1 aliphatic heterocycles. The zero-order valence-corrected chi connectivity index (χ0v) is 18.9. The second kappa shape index (κ2) is 9.23. The average Bonchev–Trinajstić information content (AvgIpc) is 3.24. The van der Waals surface area contributed by atoms with Crippen molar-refractivity contribution in [1.29, 1.82) is 0 Å². The summed E-state index contributed by atoms with van der Waals surface area (Å²) in [5.74, 6) is -0.886. The quantitative estimate of drug-likeness (QED) is 0.605. The first-order chi connectivity index (χ1) is 15.8. The molecule has 2 aromatic rings. The zero-order valence-electron chi connectivity index (χ0n) is 18.9. The first-order valence-corrected chi connectivity index (χ1v) is 11.2. The summed E-state index contributed by atoms with van der Waals surface area (Å²) in [6, 6.07) is 10.7. The summed E-state index contributed by atoms with van der Waals surface area (Å²) in [7, 11) is 1.59. The molecule has 0 saturated carbocycles. The maximum absolute atomic E-state index is 12.5. The third-order valence-corrected chi connectivity index (χ3v) is 6.43. The van der Waals surface area contributed by atoms with Gasteiger partial charge in [0.2, 0.25) is 5.91 Å². The number of nitrogens with one attached hydrogen (secondary N) is 2. The molecule has 0 radical (unpaired) electrons. The fourth-order valence-electron chi connectivity index (χ4n) is 4.62. The van der Waals surface area contributed by atoms with Crippen molar-refractivity contribution in [3.8, 4) is 5.75 Å². The Labute approximate surface area is 192 Å². The molecule has 0 bridgehead atoms. The lowest BCUT2D eigenvalue weighted by molar-refractivity contribution is -0.137. The van der Waals surface area contributed by atoms with Crippen LogP contribution in [0.3, 0.4) is 0 Å². The highest BCUT2D eigenvalue weighted by atomic mass is 16.5. The Hall–Kier alpha value is -3.39. The molecule has 1 saturated heterocycles. The van der Waals surface area contributed by atoms with Crippen molar-refractivity contribution in [1.82, 2.24) is 5.32 Å². The molecule has 0 aromatic heterocycles. The van der Waals surface area contributed by atoms with Gasteiger partial charge >= 0.3 is 11.8 Å². The van der Waals surface area contributed by atoms with Crippen LogP contribution in [0.5, 0.6) is 5.75 Å². The van der Waals surface area contributed by atoms with Gasteiger partial charge in [0.1, 0.15) is 11.4 Å². The molecule has 1 fully saturated rings. The third-order valence-electron chi connectivity index (χ3n) is 6.43. The molecule has 2 aliphatic rings. The molecule has 0 spiro atoms. The highest BCUT2D eigenvalue weighted by Crippen LogP contribution is 2.36. The summed E-state index contributed by atoms with van der Waals surface area (Å²) in [6.45, 7) is 2.47. The minimum Gasteiger partial charge on any atom is -0.497 e. The standard InChI is InChI=1S/C25H29N3O5/c1-16-7-8-18(14-21(16)28-12-4-6-22(28)29)27-24(31)23(30)26-15-25(32)11-3-5-17-13-19(33-2)9-10-20(17)25/h7-10,13-14,32H,3-6,11-12,15H2,1-2H3,(H,26,30)(H,27,31). The first kappa shape index (κ1) is 22.8. The molecule has 4 rings (SSSR count). The smallest absolute Gasteiger partial charge is 0.313 e. The van der Waals surface area contributed by atoms with E-state index in [4.69, 9.17) is 4.74 Å². The fourth-order valence-corrected chi connectivity index (χ4v) is 4.62. The first-order valence-electron chi connectivity index (χ1n) is 11.2. The van der Waals surface area contributed by atoms with Crippen LogP contribution in [0.25, 0.3) is 0 Å². The van der Waals surface area contributed by atoms with E-state index in [-0.39, 0.29) is 12.5 Å². The van der Waals surface area contributed by atoms with E-state index in [0.29, 0.717) is 25.1 Å². The van der Waals surface area contributed by atoms with E-state index in [2.05, 4.69) is 10.6 Å². The van der Waals surface area contributed by atoms with Crippen LogP contribution in [0, 0.1) is 6.92 Å². The molecule has 8 heteroatoms. The van der Waals surface area contributed by atoms with E-state index in [1.165, 1.54) is 0 Å². The lowest BCUT2D eigenvalue weighted by Gasteiger charge is -2.34. The van der Waals surface area contributed by atoms with Gasteiger partial charge in [-0.3, -0.25) is 14.4 Å². The SMILES string of the molecule is COc1ccc2c(c1)CCCC2(O)CNC(=O)C(=O)Nc1ccc(C)c(N2CCCC2=O)c1. The number of nitrogens with zero attached hydrogens (tertiary/aromatic N) is 1. The molecule has 174 valence electrons. The van der Waals surface area contributed by atoms with E-state index >= 15 is 0 Å². The number of carbonyl (C=O) groups is 3. The lowest BCUT2D eigenvalue weighted by Crippen LogP contribution is -2.46. The normalized spacial score (nSPS) is 19.7. The van der Waals surface area contributed by atoms with Gasteiger partial charge in [-0.25, -0.2) is 0 Å². The molecule has 2 aromatic carbocycles. The second-order valence-electron chi connectivity index (χ2n) is 8.70. The van der Waals surface area contributed by atoms with Gasteiger partial charge in [0, 0.05) is 24.3 Å². The number of ether oxygens (including phenoxy) is 1. The number of hydrogen-bond acceptors (Lipinski definition) is 5. The predicted octanol–water partition coefficient (Wildman–Crippen LogP) is 2.41. The summed E-state index contributed by atoms with van der Waals surface area (Å²) >= 11 is 0. The van der Waals surface area contributed by atoms with Crippen molar-refractivity contribution in [2.45, 2.75) is 44.6 Å². The van der Waals surface area contributed by atoms with E-state index < -0.39 is 17.4 Å². The Morgan fingerprint density at radius 3 is 2.67 bits per heavy atom. The summed E-state index contributed by atoms with van der Waals surface area (Å²) in [4.78, 5) is 38.8. The minimum atomic E-state index is -1.25. The van der Waals surface area contributed by atoms with Gasteiger partial charge in [-0.05, 0) is 73.6 Å². The van der Waals surface area contributed by atoms with Crippen LogP contribution in [0.2, 0.25) is 0 Å².